The number of nitrogens with zero attached hydrogens (tertiary/aromatic N) is 4. The molecule has 1 N–H and O–H groups in total. The number of pyridine rings is 1. The topological polar surface area (TPSA) is 80.2 Å². The lowest BCUT2D eigenvalue weighted by molar-refractivity contribution is 0.0154. The molecule has 0 bridgehead atoms. The number of nitrogens with one attached hydrogen (secondary N) is 1. The van der Waals surface area contributed by atoms with E-state index in [1.807, 2.05) is 24.5 Å². The monoisotopic (exact) mass is 359 g/mol. The van der Waals surface area contributed by atoms with E-state index in [2.05, 4.69) is 25.2 Å². The number of morpholine rings is 1. The molecule has 2 aromatic rings. The van der Waals surface area contributed by atoms with E-state index in [1.54, 1.807) is 18.6 Å². The Labute approximate surface area is 151 Å². The minimum atomic E-state index is -0.179. The minimum Gasteiger partial charge on any atom is -0.379 e. The van der Waals surface area contributed by atoms with E-state index < -0.39 is 0 Å². The van der Waals surface area contributed by atoms with Gasteiger partial charge in [0.05, 0.1) is 30.5 Å². The Morgan fingerprint density at radius 2 is 2.04 bits per heavy atom. The summed E-state index contributed by atoms with van der Waals surface area (Å²) >= 11 is 1.44. The molecule has 3 rings (SSSR count). The molecule has 7 nitrogen and oxygen atoms in total. The van der Waals surface area contributed by atoms with Gasteiger partial charge in [0, 0.05) is 38.2 Å². The number of thioether (sulfide) groups is 1. The molecular weight excluding hydrogens is 338 g/mol. The van der Waals surface area contributed by atoms with E-state index >= 15 is 0 Å². The van der Waals surface area contributed by atoms with Crippen molar-refractivity contribution in [1.29, 1.82) is 0 Å². The molecule has 25 heavy (non-hydrogen) atoms. The van der Waals surface area contributed by atoms with E-state index in [-0.39, 0.29) is 11.9 Å². The van der Waals surface area contributed by atoms with E-state index in [9.17, 15) is 4.79 Å². The first-order valence-electron chi connectivity index (χ1n) is 8.15. The summed E-state index contributed by atoms with van der Waals surface area (Å²) in [6, 6.07) is 5.86. The summed E-state index contributed by atoms with van der Waals surface area (Å²) in [5, 5.41) is 3.63. The minimum absolute atomic E-state index is 0.0143. The summed E-state index contributed by atoms with van der Waals surface area (Å²) in [7, 11) is 0. The quantitative estimate of drug-likeness (QED) is 0.617. The highest BCUT2D eigenvalue weighted by atomic mass is 32.2. The molecule has 1 aliphatic heterocycles. The first-order chi connectivity index (χ1) is 12.3. The summed E-state index contributed by atoms with van der Waals surface area (Å²) in [4.78, 5) is 27.4. The van der Waals surface area contributed by atoms with Crippen LogP contribution in [-0.2, 0) is 4.74 Å². The van der Waals surface area contributed by atoms with Gasteiger partial charge in [-0.25, -0.2) is 9.97 Å². The van der Waals surface area contributed by atoms with Crippen molar-refractivity contribution in [2.75, 3.05) is 39.1 Å². The summed E-state index contributed by atoms with van der Waals surface area (Å²) in [5.41, 5.74) is 1.40. The van der Waals surface area contributed by atoms with Gasteiger partial charge in [-0.2, -0.15) is 0 Å². The molecule has 1 atom stereocenters. The van der Waals surface area contributed by atoms with E-state index in [0.29, 0.717) is 30.5 Å². The Balaban J connectivity index is 1.68. The number of hydrogen-bond acceptors (Lipinski definition) is 7. The van der Waals surface area contributed by atoms with Crippen LogP contribution in [0.2, 0.25) is 0 Å². The Morgan fingerprint density at radius 1 is 1.28 bits per heavy atom. The van der Waals surface area contributed by atoms with Crippen LogP contribution in [0.3, 0.4) is 0 Å². The zero-order valence-electron chi connectivity index (χ0n) is 14.1. The number of rotatable bonds is 6. The van der Waals surface area contributed by atoms with Crippen molar-refractivity contribution in [1.82, 2.24) is 25.2 Å². The Hall–Kier alpha value is -2.03. The number of carbonyl (C=O) groups excluding carboxylic acids is 1. The predicted molar refractivity (Wildman–Crippen MR) is 95.5 cm³/mol. The van der Waals surface area contributed by atoms with Gasteiger partial charge >= 0.3 is 0 Å². The lowest BCUT2D eigenvalue weighted by Gasteiger charge is -2.34. The van der Waals surface area contributed by atoms with E-state index in [1.165, 1.54) is 11.8 Å². The maximum Gasteiger partial charge on any atom is 0.254 e. The SMILES string of the molecule is CSc1ncc(C(=O)NC[C@@H](c2ccccn2)N2CCOCC2)cn1. The molecule has 0 aliphatic carbocycles. The molecule has 0 spiro atoms. The Bertz CT molecular complexity index is 677. The molecule has 0 saturated carbocycles. The number of aromatic nitrogens is 3. The zero-order chi connectivity index (χ0) is 17.5. The zero-order valence-corrected chi connectivity index (χ0v) is 14.9. The first kappa shape index (κ1) is 17.8. The number of carbonyl (C=O) groups is 1. The fourth-order valence-electron chi connectivity index (χ4n) is 2.71. The van der Waals surface area contributed by atoms with Crippen LogP contribution in [0.25, 0.3) is 0 Å². The lowest BCUT2D eigenvalue weighted by atomic mass is 10.1. The molecule has 1 saturated heterocycles. The van der Waals surface area contributed by atoms with Crippen LogP contribution in [0, 0.1) is 0 Å². The maximum absolute atomic E-state index is 12.4. The molecule has 1 amide bonds. The van der Waals surface area contributed by atoms with Crippen molar-refractivity contribution in [2.45, 2.75) is 11.2 Å². The summed E-state index contributed by atoms with van der Waals surface area (Å²) < 4.78 is 5.43. The van der Waals surface area contributed by atoms with Gasteiger partial charge in [0.25, 0.3) is 5.91 Å². The molecule has 2 aromatic heterocycles. The molecule has 0 aromatic carbocycles. The van der Waals surface area contributed by atoms with Gasteiger partial charge in [0.15, 0.2) is 5.16 Å². The van der Waals surface area contributed by atoms with Crippen LogP contribution in [0.1, 0.15) is 22.1 Å². The summed E-state index contributed by atoms with van der Waals surface area (Å²) in [6.45, 7) is 3.51. The van der Waals surface area contributed by atoms with Crippen molar-refractivity contribution in [3.05, 3.63) is 48.0 Å². The van der Waals surface area contributed by atoms with Crippen LogP contribution in [0.15, 0.2) is 41.9 Å². The molecule has 3 heterocycles. The molecule has 0 radical (unpaired) electrons. The van der Waals surface area contributed by atoms with Crippen molar-refractivity contribution in [3.63, 3.8) is 0 Å². The largest absolute Gasteiger partial charge is 0.379 e. The van der Waals surface area contributed by atoms with Crippen molar-refractivity contribution >= 4 is 17.7 Å². The van der Waals surface area contributed by atoms with Crippen LogP contribution in [0.4, 0.5) is 0 Å². The average Bonchev–Trinajstić information content (AvgIpc) is 2.70. The summed E-state index contributed by atoms with van der Waals surface area (Å²) in [5.74, 6) is -0.179. The van der Waals surface area contributed by atoms with Gasteiger partial charge in [-0.3, -0.25) is 14.7 Å². The van der Waals surface area contributed by atoms with E-state index in [0.717, 1.165) is 18.8 Å². The van der Waals surface area contributed by atoms with Crippen LogP contribution in [0.5, 0.6) is 0 Å². The first-order valence-corrected chi connectivity index (χ1v) is 9.37. The van der Waals surface area contributed by atoms with Crippen LogP contribution < -0.4 is 5.32 Å². The normalized spacial score (nSPS) is 16.4. The fourth-order valence-corrected chi connectivity index (χ4v) is 3.03. The Morgan fingerprint density at radius 3 is 2.68 bits per heavy atom. The van der Waals surface area contributed by atoms with Gasteiger partial charge in [-0.15, -0.1) is 0 Å². The van der Waals surface area contributed by atoms with Gasteiger partial charge in [0.2, 0.25) is 0 Å². The molecule has 1 aliphatic rings. The third-order valence-electron chi connectivity index (χ3n) is 4.04. The third kappa shape index (κ3) is 4.75. The number of hydrogen-bond donors (Lipinski definition) is 1. The Kier molecular flexibility index (Phi) is 6.32. The molecule has 8 heteroatoms. The lowest BCUT2D eigenvalue weighted by Crippen LogP contribution is -2.44. The van der Waals surface area contributed by atoms with Gasteiger partial charge in [0.1, 0.15) is 0 Å². The molecule has 1 fully saturated rings. The van der Waals surface area contributed by atoms with Crippen molar-refractivity contribution < 1.29 is 9.53 Å². The van der Waals surface area contributed by atoms with Crippen molar-refractivity contribution in [2.24, 2.45) is 0 Å². The fraction of sp³-hybridized carbons (Fsp3) is 0.412. The standard InChI is InChI=1S/C17H21N5O2S/c1-25-17-20-10-13(11-21-17)16(23)19-12-15(14-4-2-3-5-18-14)22-6-8-24-9-7-22/h2-5,10-11,15H,6-9,12H2,1H3,(H,19,23)/t15-/m0/s1. The summed E-state index contributed by atoms with van der Waals surface area (Å²) in [6.07, 6.45) is 6.78. The van der Waals surface area contributed by atoms with Crippen LogP contribution in [-0.4, -0.2) is 64.9 Å². The second-order valence-electron chi connectivity index (χ2n) is 5.59. The highest BCUT2D eigenvalue weighted by Crippen LogP contribution is 2.19. The van der Waals surface area contributed by atoms with Gasteiger partial charge < -0.3 is 10.1 Å². The molecule has 132 valence electrons. The molecule has 0 unspecified atom stereocenters. The third-order valence-corrected chi connectivity index (χ3v) is 4.62. The maximum atomic E-state index is 12.4. The number of amides is 1. The average molecular weight is 359 g/mol. The smallest absolute Gasteiger partial charge is 0.254 e. The van der Waals surface area contributed by atoms with E-state index in [4.69, 9.17) is 4.74 Å². The van der Waals surface area contributed by atoms with Gasteiger partial charge in [-0.1, -0.05) is 17.8 Å². The second-order valence-corrected chi connectivity index (χ2v) is 6.36. The van der Waals surface area contributed by atoms with Gasteiger partial charge in [-0.05, 0) is 18.4 Å². The number of ether oxygens (including phenoxy) is 1. The highest BCUT2D eigenvalue weighted by molar-refractivity contribution is 7.98. The van der Waals surface area contributed by atoms with Crippen molar-refractivity contribution in [3.8, 4) is 0 Å². The second kappa shape index (κ2) is 8.89. The highest BCUT2D eigenvalue weighted by Gasteiger charge is 2.24. The predicted octanol–water partition coefficient (Wildman–Crippen LogP) is 1.40. The molecular formula is C17H21N5O2S. The van der Waals surface area contributed by atoms with Crippen LogP contribution >= 0.6 is 11.8 Å².